The fraction of sp³-hybridized carbons (Fsp3) is 0.367. The molecule has 2 amide bonds. The molecule has 0 bridgehead atoms. The van der Waals surface area contributed by atoms with Gasteiger partial charge in [-0.05, 0) is 54.8 Å². The average molecular weight is 514 g/mol. The summed E-state index contributed by atoms with van der Waals surface area (Å²) >= 11 is 0. The van der Waals surface area contributed by atoms with Crippen LogP contribution in [0.4, 0.5) is 4.39 Å². The number of benzene rings is 2. The largest absolute Gasteiger partial charge is 0.370 e. The molecule has 0 spiro atoms. The molecular weight excluding hydrogens is 481 g/mol. The zero-order valence-electron chi connectivity index (χ0n) is 21.4. The van der Waals surface area contributed by atoms with Crippen LogP contribution in [0, 0.1) is 17.1 Å². The van der Waals surface area contributed by atoms with E-state index in [0.29, 0.717) is 42.9 Å². The lowest BCUT2D eigenvalue weighted by Crippen LogP contribution is -2.49. The average Bonchev–Trinajstić information content (AvgIpc) is 2.98. The highest BCUT2D eigenvalue weighted by Gasteiger charge is 2.29. The van der Waals surface area contributed by atoms with Gasteiger partial charge in [-0.1, -0.05) is 24.3 Å². The van der Waals surface area contributed by atoms with Crippen LogP contribution in [0.2, 0.25) is 0 Å². The first kappa shape index (κ1) is 25.7. The SMILES string of the molecule is N#Cc1ccc(C(=O)N2CCC(N3C=C(C(=O)N4CCN(Cc5ccc(F)cc5)CC4)C=CC3)CC2)cc1. The second kappa shape index (κ2) is 11.6. The van der Waals surface area contributed by atoms with Crippen LogP contribution >= 0.6 is 0 Å². The summed E-state index contributed by atoms with van der Waals surface area (Å²) in [6.45, 7) is 5.75. The minimum Gasteiger partial charge on any atom is -0.370 e. The summed E-state index contributed by atoms with van der Waals surface area (Å²) in [7, 11) is 0. The van der Waals surface area contributed by atoms with Gasteiger partial charge < -0.3 is 14.7 Å². The third kappa shape index (κ3) is 5.95. The monoisotopic (exact) mass is 513 g/mol. The smallest absolute Gasteiger partial charge is 0.255 e. The maximum absolute atomic E-state index is 13.3. The van der Waals surface area contributed by atoms with Crippen LogP contribution in [0.5, 0.6) is 0 Å². The topological polar surface area (TPSA) is 70.9 Å². The van der Waals surface area contributed by atoms with E-state index in [9.17, 15) is 14.0 Å². The summed E-state index contributed by atoms with van der Waals surface area (Å²) in [4.78, 5) is 34.5. The van der Waals surface area contributed by atoms with Crippen LogP contribution in [0.3, 0.4) is 0 Å². The Labute approximate surface area is 223 Å². The predicted molar refractivity (Wildman–Crippen MR) is 142 cm³/mol. The number of halogens is 1. The molecule has 0 saturated carbocycles. The van der Waals surface area contributed by atoms with Crippen molar-refractivity contribution in [3.8, 4) is 6.07 Å². The number of carbonyl (C=O) groups is 2. The van der Waals surface area contributed by atoms with Gasteiger partial charge in [0.1, 0.15) is 5.82 Å². The number of amides is 2. The third-order valence-electron chi connectivity index (χ3n) is 7.63. The minimum absolute atomic E-state index is 0.00328. The maximum Gasteiger partial charge on any atom is 0.255 e. The normalized spacial score (nSPS) is 18.7. The second-order valence-corrected chi connectivity index (χ2v) is 10.1. The zero-order chi connectivity index (χ0) is 26.5. The quantitative estimate of drug-likeness (QED) is 0.613. The lowest BCUT2D eigenvalue weighted by molar-refractivity contribution is -0.128. The molecule has 0 unspecified atom stereocenters. The molecule has 0 N–H and O–H groups in total. The van der Waals surface area contributed by atoms with Crippen molar-refractivity contribution in [2.45, 2.75) is 25.4 Å². The molecule has 38 heavy (non-hydrogen) atoms. The molecule has 2 saturated heterocycles. The van der Waals surface area contributed by atoms with E-state index in [-0.39, 0.29) is 23.7 Å². The lowest BCUT2D eigenvalue weighted by Gasteiger charge is -2.39. The Bertz CT molecular complexity index is 1250. The number of piperidine rings is 1. The number of hydrogen-bond acceptors (Lipinski definition) is 5. The van der Waals surface area contributed by atoms with Gasteiger partial charge in [0.25, 0.3) is 11.8 Å². The molecule has 8 heteroatoms. The molecule has 0 aliphatic carbocycles. The highest BCUT2D eigenvalue weighted by Crippen LogP contribution is 2.23. The Balaban J connectivity index is 1.12. The Morgan fingerprint density at radius 3 is 2.18 bits per heavy atom. The number of rotatable bonds is 5. The fourth-order valence-corrected chi connectivity index (χ4v) is 5.37. The van der Waals surface area contributed by atoms with Gasteiger partial charge in [0.05, 0.1) is 17.2 Å². The molecule has 0 aromatic heterocycles. The molecule has 3 aliphatic heterocycles. The molecule has 3 aliphatic rings. The van der Waals surface area contributed by atoms with Crippen molar-refractivity contribution in [2.75, 3.05) is 45.8 Å². The molecule has 5 rings (SSSR count). The van der Waals surface area contributed by atoms with Gasteiger partial charge in [0, 0.05) is 70.2 Å². The van der Waals surface area contributed by atoms with E-state index in [2.05, 4.69) is 15.9 Å². The van der Waals surface area contributed by atoms with E-state index in [4.69, 9.17) is 5.26 Å². The van der Waals surface area contributed by atoms with Crippen LogP contribution in [-0.4, -0.2) is 83.3 Å². The van der Waals surface area contributed by atoms with Gasteiger partial charge in [-0.15, -0.1) is 0 Å². The number of likely N-dealkylation sites (tertiary alicyclic amines) is 1. The predicted octanol–water partition coefficient (Wildman–Crippen LogP) is 3.40. The van der Waals surface area contributed by atoms with E-state index < -0.39 is 0 Å². The second-order valence-electron chi connectivity index (χ2n) is 10.1. The van der Waals surface area contributed by atoms with Crippen molar-refractivity contribution in [1.82, 2.24) is 19.6 Å². The molecule has 7 nitrogen and oxygen atoms in total. The van der Waals surface area contributed by atoms with Gasteiger partial charge in [-0.2, -0.15) is 5.26 Å². The summed E-state index contributed by atoms with van der Waals surface area (Å²) in [6.07, 6.45) is 7.65. The standard InChI is InChI=1S/C30H32FN5O2/c31-27-9-5-24(6-10-27)21-33-16-18-35(19-17-33)30(38)26-2-1-13-36(22-26)28-11-14-34(15-12-28)29(37)25-7-3-23(20-32)4-8-25/h1-10,22,28H,11-19,21H2. The number of piperazine rings is 1. The van der Waals surface area contributed by atoms with Crippen LogP contribution in [0.15, 0.2) is 72.5 Å². The van der Waals surface area contributed by atoms with Crippen LogP contribution in [-0.2, 0) is 11.3 Å². The molecule has 0 atom stereocenters. The lowest BCUT2D eigenvalue weighted by atomic mass is 10.0. The van der Waals surface area contributed by atoms with Crippen LogP contribution in [0.1, 0.15) is 34.3 Å². The highest BCUT2D eigenvalue weighted by atomic mass is 19.1. The fourth-order valence-electron chi connectivity index (χ4n) is 5.37. The molecule has 2 aromatic rings. The van der Waals surface area contributed by atoms with E-state index >= 15 is 0 Å². The molecule has 2 fully saturated rings. The molecule has 3 heterocycles. The number of nitriles is 1. The molecular formula is C30H32FN5O2. The van der Waals surface area contributed by atoms with Crippen molar-refractivity contribution in [3.05, 3.63) is 95.0 Å². The summed E-state index contributed by atoms with van der Waals surface area (Å²) < 4.78 is 13.2. The van der Waals surface area contributed by atoms with Crippen LogP contribution < -0.4 is 0 Å². The Morgan fingerprint density at radius 2 is 1.53 bits per heavy atom. The summed E-state index contributed by atoms with van der Waals surface area (Å²) in [5.74, 6) is -0.175. The Kier molecular flexibility index (Phi) is 7.85. The number of nitrogens with zero attached hydrogens (tertiary/aromatic N) is 5. The van der Waals surface area contributed by atoms with Crippen LogP contribution in [0.25, 0.3) is 0 Å². The number of carbonyl (C=O) groups excluding carboxylic acids is 2. The van der Waals surface area contributed by atoms with Crippen molar-refractivity contribution in [2.24, 2.45) is 0 Å². The van der Waals surface area contributed by atoms with Gasteiger partial charge >= 0.3 is 0 Å². The van der Waals surface area contributed by atoms with Crippen molar-refractivity contribution >= 4 is 11.8 Å². The first-order valence-corrected chi connectivity index (χ1v) is 13.2. The van der Waals surface area contributed by atoms with E-state index in [1.165, 1.54) is 12.1 Å². The molecule has 0 radical (unpaired) electrons. The van der Waals surface area contributed by atoms with Crippen molar-refractivity contribution < 1.29 is 14.0 Å². The third-order valence-corrected chi connectivity index (χ3v) is 7.63. The van der Waals surface area contributed by atoms with E-state index in [1.807, 2.05) is 40.3 Å². The zero-order valence-corrected chi connectivity index (χ0v) is 21.4. The first-order chi connectivity index (χ1) is 18.5. The first-order valence-electron chi connectivity index (χ1n) is 13.2. The van der Waals surface area contributed by atoms with Gasteiger partial charge in [0.15, 0.2) is 0 Å². The number of hydrogen-bond donors (Lipinski definition) is 0. The Hall–Kier alpha value is -3.96. The van der Waals surface area contributed by atoms with Crippen molar-refractivity contribution in [1.29, 1.82) is 5.26 Å². The van der Waals surface area contributed by atoms with E-state index in [0.717, 1.165) is 44.6 Å². The highest BCUT2D eigenvalue weighted by molar-refractivity contribution is 5.96. The van der Waals surface area contributed by atoms with E-state index in [1.54, 1.807) is 24.3 Å². The summed E-state index contributed by atoms with van der Waals surface area (Å²) in [6, 6.07) is 15.7. The summed E-state index contributed by atoms with van der Waals surface area (Å²) in [5.41, 5.74) is 2.93. The molecule has 2 aromatic carbocycles. The van der Waals surface area contributed by atoms with Crippen molar-refractivity contribution in [3.63, 3.8) is 0 Å². The summed E-state index contributed by atoms with van der Waals surface area (Å²) in [5, 5.41) is 8.97. The van der Waals surface area contributed by atoms with Gasteiger partial charge in [0.2, 0.25) is 0 Å². The Morgan fingerprint density at radius 1 is 0.868 bits per heavy atom. The molecule has 196 valence electrons. The maximum atomic E-state index is 13.3. The minimum atomic E-state index is -0.228. The van der Waals surface area contributed by atoms with Gasteiger partial charge in [-0.25, -0.2) is 4.39 Å². The van der Waals surface area contributed by atoms with Gasteiger partial charge in [-0.3, -0.25) is 14.5 Å².